The van der Waals surface area contributed by atoms with E-state index in [1.54, 1.807) is 0 Å². The summed E-state index contributed by atoms with van der Waals surface area (Å²) in [5, 5.41) is 6.38. The van der Waals surface area contributed by atoms with Gasteiger partial charge in [0, 0.05) is 19.1 Å². The fraction of sp³-hybridized carbons (Fsp3) is 0.533. The van der Waals surface area contributed by atoms with Crippen molar-refractivity contribution in [3.05, 3.63) is 35.4 Å². The molecule has 1 aliphatic heterocycles. The van der Waals surface area contributed by atoms with E-state index in [0.717, 1.165) is 19.5 Å². The van der Waals surface area contributed by atoms with Crippen LogP contribution in [0.4, 0.5) is 0 Å². The fourth-order valence-corrected chi connectivity index (χ4v) is 2.58. The first-order chi connectivity index (χ1) is 9.06. The molecule has 4 nitrogen and oxygen atoms in total. The van der Waals surface area contributed by atoms with Crippen molar-refractivity contribution in [2.75, 3.05) is 20.6 Å². The lowest BCUT2D eigenvalue weighted by Crippen LogP contribution is -2.51. The molecule has 1 aromatic carbocycles. The zero-order valence-electron chi connectivity index (χ0n) is 11.9. The predicted octanol–water partition coefficient (Wildman–Crippen LogP) is 0.767. The van der Waals surface area contributed by atoms with Gasteiger partial charge in [-0.3, -0.25) is 4.79 Å². The summed E-state index contributed by atoms with van der Waals surface area (Å²) >= 11 is 0. The van der Waals surface area contributed by atoms with Gasteiger partial charge in [0.15, 0.2) is 0 Å². The highest BCUT2D eigenvalue weighted by molar-refractivity contribution is 5.82. The van der Waals surface area contributed by atoms with Crippen molar-refractivity contribution in [3.63, 3.8) is 0 Å². The lowest BCUT2D eigenvalue weighted by Gasteiger charge is -2.27. The van der Waals surface area contributed by atoms with E-state index < -0.39 is 0 Å². The van der Waals surface area contributed by atoms with Gasteiger partial charge in [0.25, 0.3) is 0 Å². The molecule has 2 unspecified atom stereocenters. The minimum absolute atomic E-state index is 0.101. The van der Waals surface area contributed by atoms with Gasteiger partial charge < -0.3 is 15.5 Å². The molecule has 0 saturated carbocycles. The number of likely N-dealkylation sites (N-methyl/N-ethyl adjacent to an activating group) is 1. The molecule has 4 heteroatoms. The molecule has 0 saturated heterocycles. The number of rotatable bonds is 4. The quantitative estimate of drug-likeness (QED) is 0.841. The van der Waals surface area contributed by atoms with E-state index in [2.05, 4.69) is 27.7 Å². The molecule has 1 aliphatic rings. The Morgan fingerprint density at radius 3 is 2.79 bits per heavy atom. The second-order valence-corrected chi connectivity index (χ2v) is 5.58. The Hall–Kier alpha value is -1.39. The minimum atomic E-state index is -0.112. The highest BCUT2D eigenvalue weighted by atomic mass is 16.2. The number of nitrogens with one attached hydrogen (secondary N) is 2. The monoisotopic (exact) mass is 261 g/mol. The molecule has 0 aromatic heterocycles. The van der Waals surface area contributed by atoms with Gasteiger partial charge in [-0.2, -0.15) is 0 Å². The van der Waals surface area contributed by atoms with Crippen LogP contribution in [0.5, 0.6) is 0 Å². The van der Waals surface area contributed by atoms with Crippen LogP contribution in [0, 0.1) is 0 Å². The summed E-state index contributed by atoms with van der Waals surface area (Å²) in [4.78, 5) is 14.3. The smallest absolute Gasteiger partial charge is 0.237 e. The van der Waals surface area contributed by atoms with Crippen LogP contribution in [-0.2, 0) is 17.8 Å². The molecule has 0 bridgehead atoms. The molecule has 0 aliphatic carbocycles. The first kappa shape index (κ1) is 14.0. The predicted molar refractivity (Wildman–Crippen MR) is 76.9 cm³/mol. The van der Waals surface area contributed by atoms with Crippen LogP contribution < -0.4 is 10.6 Å². The Labute approximate surface area is 115 Å². The number of nitrogens with zero attached hydrogens (tertiary/aromatic N) is 1. The molecule has 1 amide bonds. The zero-order chi connectivity index (χ0) is 13.8. The van der Waals surface area contributed by atoms with E-state index in [4.69, 9.17) is 0 Å². The number of amides is 1. The summed E-state index contributed by atoms with van der Waals surface area (Å²) in [6.07, 6.45) is 0.774. The lowest BCUT2D eigenvalue weighted by atomic mass is 9.95. The molecular formula is C15H23N3O. The average molecular weight is 261 g/mol. The third kappa shape index (κ3) is 3.78. The maximum Gasteiger partial charge on any atom is 0.237 e. The van der Waals surface area contributed by atoms with Gasteiger partial charge in [-0.1, -0.05) is 24.3 Å². The summed E-state index contributed by atoms with van der Waals surface area (Å²) in [7, 11) is 4.02. The number of hydrogen-bond donors (Lipinski definition) is 2. The Balaban J connectivity index is 1.92. The maximum absolute atomic E-state index is 12.2. The van der Waals surface area contributed by atoms with Crippen molar-refractivity contribution in [2.45, 2.75) is 32.0 Å². The molecule has 2 atom stereocenters. The highest BCUT2D eigenvalue weighted by Gasteiger charge is 2.24. The number of carbonyl (C=O) groups excluding carboxylic acids is 1. The Morgan fingerprint density at radius 2 is 2.11 bits per heavy atom. The van der Waals surface area contributed by atoms with Crippen molar-refractivity contribution in [3.8, 4) is 0 Å². The van der Waals surface area contributed by atoms with Crippen LogP contribution in [0.15, 0.2) is 24.3 Å². The Bertz CT molecular complexity index is 445. The zero-order valence-corrected chi connectivity index (χ0v) is 11.9. The van der Waals surface area contributed by atoms with Crippen molar-refractivity contribution < 1.29 is 4.79 Å². The highest BCUT2D eigenvalue weighted by Crippen LogP contribution is 2.16. The van der Waals surface area contributed by atoms with E-state index in [1.807, 2.05) is 33.2 Å². The molecule has 0 fully saturated rings. The van der Waals surface area contributed by atoms with E-state index >= 15 is 0 Å². The summed E-state index contributed by atoms with van der Waals surface area (Å²) in [6, 6.07) is 8.36. The lowest BCUT2D eigenvalue weighted by molar-refractivity contribution is -0.124. The SMILES string of the molecule is CC(CN(C)C)NC(=O)C1Cc2ccccc2CN1. The molecule has 0 spiro atoms. The number of carbonyl (C=O) groups is 1. The van der Waals surface area contributed by atoms with Crippen molar-refractivity contribution in [2.24, 2.45) is 0 Å². The second-order valence-electron chi connectivity index (χ2n) is 5.58. The third-order valence-electron chi connectivity index (χ3n) is 3.43. The fourth-order valence-electron chi connectivity index (χ4n) is 2.58. The minimum Gasteiger partial charge on any atom is -0.351 e. The number of hydrogen-bond acceptors (Lipinski definition) is 3. The van der Waals surface area contributed by atoms with Gasteiger partial charge in [0.1, 0.15) is 0 Å². The largest absolute Gasteiger partial charge is 0.351 e. The van der Waals surface area contributed by atoms with E-state index in [-0.39, 0.29) is 18.0 Å². The van der Waals surface area contributed by atoms with Crippen LogP contribution in [0.2, 0.25) is 0 Å². The van der Waals surface area contributed by atoms with Gasteiger partial charge in [0.2, 0.25) is 5.91 Å². The molecule has 2 N–H and O–H groups in total. The molecule has 0 radical (unpaired) electrons. The van der Waals surface area contributed by atoms with Crippen LogP contribution in [0.25, 0.3) is 0 Å². The standard InChI is InChI=1S/C15H23N3O/c1-11(10-18(2)3)17-15(19)14-8-12-6-4-5-7-13(12)9-16-14/h4-7,11,14,16H,8-10H2,1-3H3,(H,17,19). The van der Waals surface area contributed by atoms with Crippen molar-refractivity contribution in [1.82, 2.24) is 15.5 Å². The van der Waals surface area contributed by atoms with E-state index in [0.29, 0.717) is 0 Å². The summed E-state index contributed by atoms with van der Waals surface area (Å²) in [5.41, 5.74) is 2.58. The number of fused-ring (bicyclic) bond motifs is 1. The first-order valence-corrected chi connectivity index (χ1v) is 6.81. The van der Waals surface area contributed by atoms with E-state index in [1.165, 1.54) is 11.1 Å². The molecule has 104 valence electrons. The van der Waals surface area contributed by atoms with Gasteiger partial charge in [0.05, 0.1) is 6.04 Å². The van der Waals surface area contributed by atoms with Gasteiger partial charge in [-0.05, 0) is 38.6 Å². The number of benzene rings is 1. The molecular weight excluding hydrogens is 238 g/mol. The molecule has 19 heavy (non-hydrogen) atoms. The third-order valence-corrected chi connectivity index (χ3v) is 3.43. The Kier molecular flexibility index (Phi) is 4.56. The summed E-state index contributed by atoms with van der Waals surface area (Å²) in [6.45, 7) is 3.67. The molecule has 1 aromatic rings. The summed E-state index contributed by atoms with van der Waals surface area (Å²) < 4.78 is 0. The first-order valence-electron chi connectivity index (χ1n) is 6.81. The van der Waals surface area contributed by atoms with Crippen LogP contribution in [0.3, 0.4) is 0 Å². The normalized spacial score (nSPS) is 19.9. The molecule has 2 rings (SSSR count). The van der Waals surface area contributed by atoms with Crippen molar-refractivity contribution >= 4 is 5.91 Å². The summed E-state index contributed by atoms with van der Waals surface area (Å²) in [5.74, 6) is 0.101. The Morgan fingerprint density at radius 1 is 1.42 bits per heavy atom. The van der Waals surface area contributed by atoms with Crippen LogP contribution in [0.1, 0.15) is 18.1 Å². The topological polar surface area (TPSA) is 44.4 Å². The van der Waals surface area contributed by atoms with Gasteiger partial charge >= 0.3 is 0 Å². The average Bonchev–Trinajstić information content (AvgIpc) is 2.37. The van der Waals surface area contributed by atoms with Gasteiger partial charge in [-0.15, -0.1) is 0 Å². The van der Waals surface area contributed by atoms with Gasteiger partial charge in [-0.25, -0.2) is 0 Å². The molecule has 1 heterocycles. The van der Waals surface area contributed by atoms with Crippen LogP contribution >= 0.6 is 0 Å². The second kappa shape index (κ2) is 6.17. The van der Waals surface area contributed by atoms with E-state index in [9.17, 15) is 4.79 Å². The maximum atomic E-state index is 12.2. The van der Waals surface area contributed by atoms with Crippen molar-refractivity contribution in [1.29, 1.82) is 0 Å². The van der Waals surface area contributed by atoms with Crippen LogP contribution in [-0.4, -0.2) is 43.5 Å².